The van der Waals surface area contributed by atoms with Crippen molar-refractivity contribution in [3.8, 4) is 0 Å². The van der Waals surface area contributed by atoms with Crippen LogP contribution in [0.2, 0.25) is 0 Å². The second-order valence-corrected chi connectivity index (χ2v) is 5.38. The Hall–Kier alpha value is -1.21. The first-order valence-corrected chi connectivity index (χ1v) is 6.16. The molecule has 1 unspecified atom stereocenters. The summed E-state index contributed by atoms with van der Waals surface area (Å²) in [7, 11) is 3.16. The van der Waals surface area contributed by atoms with E-state index < -0.39 is 11.8 Å². The molecule has 0 heterocycles. The van der Waals surface area contributed by atoms with E-state index in [1.54, 1.807) is 14.1 Å². The fourth-order valence-corrected chi connectivity index (χ4v) is 1.86. The standard InChI is InChI=1S/C12H14F3NO2S/c1-11(18,12(13,14)15)8-4-6-9(7-5-8)19-10(17)16(2)3/h4-7,18H,1-3H3. The number of alkyl halides is 3. The van der Waals surface area contributed by atoms with E-state index in [1.165, 1.54) is 29.2 Å². The fourth-order valence-electron chi connectivity index (χ4n) is 1.20. The molecule has 0 spiro atoms. The normalized spacial score (nSPS) is 14.9. The molecule has 106 valence electrons. The Kier molecular flexibility index (Phi) is 4.52. The Bertz CT molecular complexity index is 455. The zero-order chi connectivity index (χ0) is 14.8. The monoisotopic (exact) mass is 293 g/mol. The molecule has 0 aliphatic carbocycles. The van der Waals surface area contributed by atoms with Crippen molar-refractivity contribution in [3.05, 3.63) is 29.8 Å². The lowest BCUT2D eigenvalue weighted by atomic mass is 9.96. The van der Waals surface area contributed by atoms with Crippen molar-refractivity contribution in [2.45, 2.75) is 23.6 Å². The Balaban J connectivity index is 2.91. The summed E-state index contributed by atoms with van der Waals surface area (Å²) >= 11 is 0.903. The van der Waals surface area contributed by atoms with Gasteiger partial charge in [-0.3, -0.25) is 4.79 Å². The number of nitrogens with zero attached hydrogens (tertiary/aromatic N) is 1. The molecule has 1 aromatic carbocycles. The number of hydrogen-bond donors (Lipinski definition) is 1. The van der Waals surface area contributed by atoms with E-state index >= 15 is 0 Å². The zero-order valence-corrected chi connectivity index (χ0v) is 11.5. The number of carbonyl (C=O) groups is 1. The van der Waals surface area contributed by atoms with E-state index in [1.807, 2.05) is 0 Å². The largest absolute Gasteiger partial charge is 0.421 e. The van der Waals surface area contributed by atoms with Gasteiger partial charge in [0.2, 0.25) is 0 Å². The van der Waals surface area contributed by atoms with Crippen molar-refractivity contribution in [1.29, 1.82) is 0 Å². The van der Waals surface area contributed by atoms with Crippen LogP contribution in [0.25, 0.3) is 0 Å². The Labute approximate surface area is 113 Å². The van der Waals surface area contributed by atoms with Gasteiger partial charge in [0, 0.05) is 19.0 Å². The summed E-state index contributed by atoms with van der Waals surface area (Å²) in [6.07, 6.45) is -4.75. The molecule has 0 saturated carbocycles. The maximum Gasteiger partial charge on any atom is 0.421 e. The van der Waals surface area contributed by atoms with Crippen molar-refractivity contribution in [3.63, 3.8) is 0 Å². The van der Waals surface area contributed by atoms with Crippen LogP contribution in [0.15, 0.2) is 29.2 Å². The minimum absolute atomic E-state index is 0.227. The van der Waals surface area contributed by atoms with Gasteiger partial charge in [-0.15, -0.1) is 0 Å². The highest BCUT2D eigenvalue weighted by molar-refractivity contribution is 8.13. The van der Waals surface area contributed by atoms with E-state index in [0.29, 0.717) is 11.8 Å². The highest BCUT2D eigenvalue weighted by atomic mass is 32.2. The zero-order valence-electron chi connectivity index (χ0n) is 10.7. The first-order chi connectivity index (χ1) is 8.55. The van der Waals surface area contributed by atoms with Crippen LogP contribution in [0.5, 0.6) is 0 Å². The van der Waals surface area contributed by atoms with Crippen LogP contribution < -0.4 is 0 Å². The summed E-state index contributed by atoms with van der Waals surface area (Å²) in [4.78, 5) is 13.3. The minimum atomic E-state index is -4.75. The molecule has 3 nitrogen and oxygen atoms in total. The molecule has 0 radical (unpaired) electrons. The van der Waals surface area contributed by atoms with Crippen LogP contribution in [-0.2, 0) is 5.60 Å². The van der Waals surface area contributed by atoms with Crippen LogP contribution in [0.3, 0.4) is 0 Å². The van der Waals surface area contributed by atoms with Crippen LogP contribution in [0.1, 0.15) is 12.5 Å². The van der Waals surface area contributed by atoms with Gasteiger partial charge in [-0.1, -0.05) is 12.1 Å². The van der Waals surface area contributed by atoms with Gasteiger partial charge in [-0.2, -0.15) is 13.2 Å². The molecule has 0 bridgehead atoms. The van der Waals surface area contributed by atoms with E-state index in [2.05, 4.69) is 0 Å². The number of rotatable bonds is 2. The molecule has 0 saturated heterocycles. The lowest BCUT2D eigenvalue weighted by molar-refractivity contribution is -0.258. The molecule has 1 atom stereocenters. The van der Waals surface area contributed by atoms with Gasteiger partial charge in [-0.05, 0) is 36.4 Å². The lowest BCUT2D eigenvalue weighted by Crippen LogP contribution is -2.39. The molecular weight excluding hydrogens is 279 g/mol. The van der Waals surface area contributed by atoms with Crippen LogP contribution in [-0.4, -0.2) is 35.5 Å². The number of thioether (sulfide) groups is 1. The SMILES string of the molecule is CN(C)C(=O)Sc1ccc(C(C)(O)C(F)(F)F)cc1. The maximum atomic E-state index is 12.6. The Morgan fingerprint density at radius 3 is 2.05 bits per heavy atom. The van der Waals surface area contributed by atoms with Gasteiger partial charge in [-0.25, -0.2) is 0 Å². The average molecular weight is 293 g/mol. The number of benzene rings is 1. The van der Waals surface area contributed by atoms with Crippen LogP contribution in [0, 0.1) is 0 Å². The lowest BCUT2D eigenvalue weighted by Gasteiger charge is -2.26. The van der Waals surface area contributed by atoms with Crippen molar-refractivity contribution in [2.75, 3.05) is 14.1 Å². The summed E-state index contributed by atoms with van der Waals surface area (Å²) in [6.45, 7) is 0.695. The second kappa shape index (κ2) is 5.42. The molecular formula is C12H14F3NO2S. The van der Waals surface area contributed by atoms with Crippen LogP contribution in [0.4, 0.5) is 18.0 Å². The van der Waals surface area contributed by atoms with E-state index in [0.717, 1.165) is 11.8 Å². The molecule has 1 aromatic rings. The molecule has 0 aliphatic heterocycles. The molecule has 1 N–H and O–H groups in total. The average Bonchev–Trinajstić information content (AvgIpc) is 2.28. The third-order valence-electron chi connectivity index (χ3n) is 2.54. The summed E-state index contributed by atoms with van der Waals surface area (Å²) in [5.74, 6) is 0. The molecule has 0 aromatic heterocycles. The summed E-state index contributed by atoms with van der Waals surface area (Å²) in [5, 5.41) is 9.25. The highest BCUT2D eigenvalue weighted by Gasteiger charge is 2.51. The van der Waals surface area contributed by atoms with Crippen molar-refractivity contribution < 1.29 is 23.1 Å². The number of amides is 1. The maximum absolute atomic E-state index is 12.6. The summed E-state index contributed by atoms with van der Waals surface area (Å²) in [5.41, 5.74) is -3.16. The Morgan fingerprint density at radius 2 is 1.68 bits per heavy atom. The third kappa shape index (κ3) is 3.63. The van der Waals surface area contributed by atoms with Crippen LogP contribution >= 0.6 is 11.8 Å². The Morgan fingerprint density at radius 1 is 1.21 bits per heavy atom. The van der Waals surface area contributed by atoms with Crippen molar-refractivity contribution >= 4 is 17.0 Å². The number of halogens is 3. The van der Waals surface area contributed by atoms with Crippen molar-refractivity contribution in [2.24, 2.45) is 0 Å². The molecule has 1 amide bonds. The van der Waals surface area contributed by atoms with E-state index in [9.17, 15) is 23.1 Å². The van der Waals surface area contributed by atoms with Gasteiger partial charge in [0.25, 0.3) is 5.24 Å². The molecule has 19 heavy (non-hydrogen) atoms. The van der Waals surface area contributed by atoms with Gasteiger partial charge >= 0.3 is 6.18 Å². The summed E-state index contributed by atoms with van der Waals surface area (Å²) in [6, 6.07) is 5.08. The fraction of sp³-hybridized carbons (Fsp3) is 0.417. The third-order valence-corrected chi connectivity index (χ3v) is 3.59. The number of aliphatic hydroxyl groups is 1. The first kappa shape index (κ1) is 15.8. The van der Waals surface area contributed by atoms with E-state index in [4.69, 9.17) is 0 Å². The van der Waals surface area contributed by atoms with Gasteiger partial charge in [0.1, 0.15) is 0 Å². The predicted octanol–water partition coefficient (Wildman–Crippen LogP) is 3.23. The highest BCUT2D eigenvalue weighted by Crippen LogP contribution is 2.38. The molecule has 0 fully saturated rings. The summed E-state index contributed by atoms with van der Waals surface area (Å²) < 4.78 is 37.9. The predicted molar refractivity (Wildman–Crippen MR) is 67.0 cm³/mol. The van der Waals surface area contributed by atoms with Crippen molar-refractivity contribution in [1.82, 2.24) is 4.90 Å². The molecule has 7 heteroatoms. The van der Waals surface area contributed by atoms with Gasteiger partial charge < -0.3 is 10.0 Å². The molecule has 0 aliphatic rings. The quantitative estimate of drug-likeness (QED) is 0.851. The minimum Gasteiger partial charge on any atom is -0.376 e. The smallest absolute Gasteiger partial charge is 0.376 e. The second-order valence-electron chi connectivity index (χ2n) is 4.36. The van der Waals surface area contributed by atoms with Gasteiger partial charge in [0.15, 0.2) is 5.60 Å². The van der Waals surface area contributed by atoms with E-state index in [-0.39, 0.29) is 10.8 Å². The topological polar surface area (TPSA) is 40.5 Å². The van der Waals surface area contributed by atoms with Gasteiger partial charge in [0.05, 0.1) is 0 Å². The first-order valence-electron chi connectivity index (χ1n) is 5.34. The number of hydrogen-bond acceptors (Lipinski definition) is 3. The molecule has 1 rings (SSSR count). The number of carbonyl (C=O) groups excluding carboxylic acids is 1.